The molecule has 0 aliphatic carbocycles. The van der Waals surface area contributed by atoms with E-state index in [0.717, 1.165) is 5.56 Å². The minimum absolute atomic E-state index is 0.0928. The Kier molecular flexibility index (Phi) is 3.54. The van der Waals surface area contributed by atoms with Gasteiger partial charge in [0.05, 0.1) is 19.0 Å². The van der Waals surface area contributed by atoms with Crippen LogP contribution in [0, 0.1) is 0 Å². The van der Waals surface area contributed by atoms with Crippen molar-refractivity contribution >= 4 is 11.8 Å². The predicted molar refractivity (Wildman–Crippen MR) is 64.1 cm³/mol. The zero-order valence-corrected chi connectivity index (χ0v) is 9.85. The molecule has 1 aliphatic heterocycles. The standard InChI is InChI=1S/C13H16N2O2/c1-2-14-11-8-12(16)15(13(11)17)9-10-6-4-3-5-7-10/h3-7,11,14H,2,8-9H2,1H3/t11-/m0/s1. The fourth-order valence-electron chi connectivity index (χ4n) is 2.02. The molecule has 4 heteroatoms. The summed E-state index contributed by atoms with van der Waals surface area (Å²) >= 11 is 0. The Morgan fingerprint density at radius 3 is 2.65 bits per heavy atom. The van der Waals surface area contributed by atoms with Crippen LogP contribution in [0.1, 0.15) is 18.9 Å². The van der Waals surface area contributed by atoms with Crippen molar-refractivity contribution < 1.29 is 9.59 Å². The van der Waals surface area contributed by atoms with Gasteiger partial charge in [0.15, 0.2) is 0 Å². The number of carbonyl (C=O) groups excluding carboxylic acids is 2. The molecule has 2 amide bonds. The van der Waals surface area contributed by atoms with Gasteiger partial charge in [-0.1, -0.05) is 37.3 Å². The highest BCUT2D eigenvalue weighted by atomic mass is 16.2. The molecule has 90 valence electrons. The summed E-state index contributed by atoms with van der Waals surface area (Å²) in [5, 5.41) is 3.03. The first kappa shape index (κ1) is 11.8. The maximum atomic E-state index is 12.0. The van der Waals surface area contributed by atoms with Crippen molar-refractivity contribution in [2.45, 2.75) is 25.9 Å². The maximum Gasteiger partial charge on any atom is 0.247 e. The lowest BCUT2D eigenvalue weighted by molar-refractivity contribution is -0.139. The molecule has 1 aliphatic rings. The average Bonchev–Trinajstić information content (AvgIpc) is 2.59. The van der Waals surface area contributed by atoms with E-state index in [4.69, 9.17) is 0 Å². The van der Waals surface area contributed by atoms with Gasteiger partial charge in [-0.25, -0.2) is 0 Å². The second kappa shape index (κ2) is 5.10. The highest BCUT2D eigenvalue weighted by Gasteiger charge is 2.37. The summed E-state index contributed by atoms with van der Waals surface area (Å²) in [6.07, 6.45) is 0.277. The quantitative estimate of drug-likeness (QED) is 0.785. The van der Waals surface area contributed by atoms with Crippen LogP contribution in [0.5, 0.6) is 0 Å². The van der Waals surface area contributed by atoms with E-state index in [1.165, 1.54) is 4.90 Å². The van der Waals surface area contributed by atoms with E-state index >= 15 is 0 Å². The second-order valence-corrected chi connectivity index (χ2v) is 4.12. The molecule has 0 aromatic heterocycles. The van der Waals surface area contributed by atoms with Crippen molar-refractivity contribution in [3.05, 3.63) is 35.9 Å². The van der Waals surface area contributed by atoms with Crippen LogP contribution in [0.2, 0.25) is 0 Å². The second-order valence-electron chi connectivity index (χ2n) is 4.12. The third-order valence-electron chi connectivity index (χ3n) is 2.88. The Balaban J connectivity index is 2.07. The number of rotatable bonds is 4. The maximum absolute atomic E-state index is 12.0. The van der Waals surface area contributed by atoms with Gasteiger partial charge in [0.2, 0.25) is 11.8 Å². The Labute approximate surface area is 101 Å². The highest BCUT2D eigenvalue weighted by molar-refractivity contribution is 6.05. The van der Waals surface area contributed by atoms with Gasteiger partial charge in [-0.2, -0.15) is 0 Å². The molecule has 0 bridgehead atoms. The van der Waals surface area contributed by atoms with Crippen LogP contribution >= 0.6 is 0 Å². The smallest absolute Gasteiger partial charge is 0.247 e. The number of nitrogens with one attached hydrogen (secondary N) is 1. The molecule has 1 atom stereocenters. The van der Waals surface area contributed by atoms with Gasteiger partial charge in [-0.3, -0.25) is 14.5 Å². The number of likely N-dealkylation sites (tertiary alicyclic amines) is 1. The van der Waals surface area contributed by atoms with Crippen LogP contribution in [0.4, 0.5) is 0 Å². The SMILES string of the molecule is CCN[C@H]1CC(=O)N(Cc2ccccc2)C1=O. The fourth-order valence-corrected chi connectivity index (χ4v) is 2.02. The first-order valence-electron chi connectivity index (χ1n) is 5.84. The van der Waals surface area contributed by atoms with Crippen molar-refractivity contribution in [1.29, 1.82) is 0 Å². The monoisotopic (exact) mass is 232 g/mol. The number of carbonyl (C=O) groups is 2. The van der Waals surface area contributed by atoms with Gasteiger partial charge in [0.25, 0.3) is 0 Å². The van der Waals surface area contributed by atoms with E-state index in [-0.39, 0.29) is 24.3 Å². The summed E-state index contributed by atoms with van der Waals surface area (Å²) in [7, 11) is 0. The van der Waals surface area contributed by atoms with Gasteiger partial charge in [0, 0.05) is 0 Å². The molecule has 17 heavy (non-hydrogen) atoms. The molecular weight excluding hydrogens is 216 g/mol. The van der Waals surface area contributed by atoms with Crippen LogP contribution < -0.4 is 5.32 Å². The number of hydrogen-bond donors (Lipinski definition) is 1. The van der Waals surface area contributed by atoms with E-state index in [9.17, 15) is 9.59 Å². The molecule has 0 saturated carbocycles. The molecule has 0 spiro atoms. The van der Waals surface area contributed by atoms with Crippen molar-refractivity contribution in [2.75, 3.05) is 6.54 Å². The average molecular weight is 232 g/mol. The third kappa shape index (κ3) is 2.53. The molecule has 1 heterocycles. The van der Waals surface area contributed by atoms with Gasteiger partial charge in [-0.05, 0) is 12.1 Å². The lowest BCUT2D eigenvalue weighted by Gasteiger charge is -2.15. The lowest BCUT2D eigenvalue weighted by atomic mass is 10.2. The molecule has 1 aromatic carbocycles. The summed E-state index contributed by atoms with van der Waals surface area (Å²) in [6, 6.07) is 9.22. The molecule has 4 nitrogen and oxygen atoms in total. The molecule has 0 unspecified atom stereocenters. The van der Waals surface area contributed by atoms with E-state index in [1.807, 2.05) is 37.3 Å². The van der Waals surface area contributed by atoms with Crippen molar-refractivity contribution in [2.24, 2.45) is 0 Å². The molecule has 1 fully saturated rings. The highest BCUT2D eigenvalue weighted by Crippen LogP contribution is 2.16. The van der Waals surface area contributed by atoms with Gasteiger partial charge in [0.1, 0.15) is 0 Å². The number of amides is 2. The van der Waals surface area contributed by atoms with Gasteiger partial charge >= 0.3 is 0 Å². The summed E-state index contributed by atoms with van der Waals surface area (Å²) in [5.74, 6) is -0.203. The largest absolute Gasteiger partial charge is 0.306 e. The normalized spacial score (nSPS) is 20.1. The van der Waals surface area contributed by atoms with Crippen LogP contribution in [0.15, 0.2) is 30.3 Å². The van der Waals surface area contributed by atoms with Crippen molar-refractivity contribution in [3.63, 3.8) is 0 Å². The minimum Gasteiger partial charge on any atom is -0.306 e. The number of nitrogens with zero attached hydrogens (tertiary/aromatic N) is 1. The van der Waals surface area contributed by atoms with Crippen LogP contribution in [-0.4, -0.2) is 29.3 Å². The molecule has 1 aromatic rings. The summed E-state index contributed by atoms with van der Waals surface area (Å²) in [4.78, 5) is 25.0. The number of hydrogen-bond acceptors (Lipinski definition) is 3. The van der Waals surface area contributed by atoms with Crippen molar-refractivity contribution in [3.8, 4) is 0 Å². The minimum atomic E-state index is -0.337. The van der Waals surface area contributed by atoms with E-state index < -0.39 is 0 Å². The molecule has 0 radical (unpaired) electrons. The first-order chi connectivity index (χ1) is 8.22. The topological polar surface area (TPSA) is 49.4 Å². The molecule has 2 rings (SSSR count). The zero-order valence-electron chi connectivity index (χ0n) is 9.85. The number of benzene rings is 1. The molecule has 1 saturated heterocycles. The van der Waals surface area contributed by atoms with Crippen molar-refractivity contribution in [1.82, 2.24) is 10.2 Å². The molecule has 1 N–H and O–H groups in total. The van der Waals surface area contributed by atoms with Crippen LogP contribution in [-0.2, 0) is 16.1 Å². The number of imide groups is 1. The third-order valence-corrected chi connectivity index (χ3v) is 2.88. The fraction of sp³-hybridized carbons (Fsp3) is 0.385. The summed E-state index contributed by atoms with van der Waals surface area (Å²) in [6.45, 7) is 3.00. The summed E-state index contributed by atoms with van der Waals surface area (Å²) < 4.78 is 0. The Morgan fingerprint density at radius 1 is 1.29 bits per heavy atom. The lowest BCUT2D eigenvalue weighted by Crippen LogP contribution is -2.38. The zero-order chi connectivity index (χ0) is 12.3. The summed E-state index contributed by atoms with van der Waals surface area (Å²) in [5.41, 5.74) is 0.978. The van der Waals surface area contributed by atoms with Gasteiger partial charge in [-0.15, -0.1) is 0 Å². The first-order valence-corrected chi connectivity index (χ1v) is 5.84. The predicted octanol–water partition coefficient (Wildman–Crippen LogP) is 0.924. The van der Waals surface area contributed by atoms with E-state index in [2.05, 4.69) is 5.32 Å². The Hall–Kier alpha value is -1.68. The van der Waals surface area contributed by atoms with Gasteiger partial charge < -0.3 is 5.32 Å². The number of likely N-dealkylation sites (N-methyl/N-ethyl adjacent to an activating group) is 1. The van der Waals surface area contributed by atoms with E-state index in [1.54, 1.807) is 0 Å². The van der Waals surface area contributed by atoms with E-state index in [0.29, 0.717) is 13.1 Å². The Bertz CT molecular complexity index is 417. The van der Waals surface area contributed by atoms with Crippen LogP contribution in [0.3, 0.4) is 0 Å². The van der Waals surface area contributed by atoms with Crippen LogP contribution in [0.25, 0.3) is 0 Å². The molecular formula is C13H16N2O2. The Morgan fingerprint density at radius 2 is 2.00 bits per heavy atom.